The van der Waals surface area contributed by atoms with Crippen molar-refractivity contribution in [1.29, 1.82) is 0 Å². The highest BCUT2D eigenvalue weighted by Gasteiger charge is 2.53. The van der Waals surface area contributed by atoms with Gasteiger partial charge in [-0.2, -0.15) is 10.1 Å². The second kappa shape index (κ2) is 52.7. The molecule has 3 aliphatic heterocycles. The SMILES string of the molecule is CO[C@H]1C[C@@H]2CC[C@@H](C)[C@@](O)(O2)C(=O)C(=O)N2CCCC[C@H]2C(=O)O[C@H]([C@H](C)C[C@@H]2CC[C@@H](OC(=S)CCCOCCOCCOCCOCCOCCOCCOCCOCCC(=O)CCc3ccc(Cn4nc(-c5ccc6oc(N)nc6c5)c5c(N)ncnc54)cc3)[C@H](OC)C2)C[C@@H](O)[C@H](C)/C=C(\C)[C@@H](O)[C@@H](OC)C(=O)[C@H](C)C[C@H](C)/C=C/C=C/C=C/1C. The molecule has 4 aliphatic rings. The molecule has 16 atom stereocenters. The summed E-state index contributed by atoms with van der Waals surface area (Å²) in [6, 6.07) is 12.5. The maximum absolute atomic E-state index is 14.8. The number of aliphatic hydroxyl groups is 3. The standard InChI is InChI=1S/C93H136N8O23S/c1-60-17-12-11-13-18-61(2)78(110-8)56-72-30-21-66(7)93(109,124-72)87(106)90(107)100-34-15-14-19-74(100)91(108)122-79(57-75(103)62(3)52-65(6)85(105)86(112-10)84(104)64(5)51-60)63(4)53-69-27-31-77(80(54-69)111-9)121-81(125)20-16-35-113-37-39-115-41-43-117-45-47-119-49-50-120-48-46-118-44-42-116-40-38-114-36-33-71(102)29-26-67-22-24-68(25-23-67)58-101-89-82(88(94)96-59-97-89)83(99-101)70-28-32-76-73(55-70)98-92(95)123-76/h11-13,17-18,22-25,28,32,52,55,59-60,62-64,66,69,72,74-75,77-80,85-86,103,105,109H,14-16,19-21,26-27,29-31,33-51,53-54,56-58H2,1-10H3,(H2,95,98)(H2,94,96,97)/b13-11+,17-12+,61-18+,65-52+/t60-,62-,63-,64-,66-,69+,72+,74+,75-,77-,78+,79+,80-,85-,86+,93-/m1/s1. The topological polar surface area (TPSA) is 400 Å². The van der Waals surface area contributed by atoms with Crippen molar-refractivity contribution in [3.8, 4) is 11.3 Å². The largest absolute Gasteiger partial charge is 0.481 e. The van der Waals surface area contributed by atoms with Crippen LogP contribution < -0.4 is 11.5 Å². The Labute approximate surface area is 740 Å². The second-order valence-corrected chi connectivity index (χ2v) is 34.0. The number of fused-ring (bicyclic) bond motifs is 5. The van der Waals surface area contributed by atoms with Gasteiger partial charge < -0.3 is 102 Å². The summed E-state index contributed by atoms with van der Waals surface area (Å²) in [5.74, 6) is -7.17. The minimum Gasteiger partial charge on any atom is -0.481 e. The predicted molar refractivity (Wildman–Crippen MR) is 474 cm³/mol. The molecule has 2 saturated heterocycles. The lowest BCUT2D eigenvalue weighted by Gasteiger charge is -2.43. The van der Waals surface area contributed by atoms with Crippen LogP contribution in [0.25, 0.3) is 33.4 Å². The van der Waals surface area contributed by atoms with Crippen LogP contribution in [0.1, 0.15) is 162 Å². The first kappa shape index (κ1) is 101. The second-order valence-electron chi connectivity index (χ2n) is 33.6. The molecule has 0 unspecified atom stereocenters. The number of oxazole rings is 1. The summed E-state index contributed by atoms with van der Waals surface area (Å²) in [5.41, 5.74) is 18.6. The lowest BCUT2D eigenvalue weighted by Crippen LogP contribution is -2.61. The van der Waals surface area contributed by atoms with E-state index in [4.69, 9.17) is 99.5 Å². The number of Topliss-reactive ketones (excluding diaryl/α,β-unsaturated/α-hetero) is 3. The minimum atomic E-state index is -2.46. The van der Waals surface area contributed by atoms with Crippen molar-refractivity contribution in [3.63, 3.8) is 0 Å². The number of carbonyl (C=O) groups excluding carboxylic acids is 5. The molecule has 1 aliphatic carbocycles. The number of amides is 1. The number of nitrogens with two attached hydrogens (primary N) is 2. The third kappa shape index (κ3) is 31.3. The average molecular weight is 1770 g/mol. The summed E-state index contributed by atoms with van der Waals surface area (Å²) in [6.45, 7) is 20.0. The van der Waals surface area contributed by atoms with Gasteiger partial charge >= 0.3 is 5.97 Å². The van der Waals surface area contributed by atoms with Crippen molar-refractivity contribution in [3.05, 3.63) is 108 Å². The third-order valence-electron chi connectivity index (χ3n) is 24.0. The van der Waals surface area contributed by atoms with Crippen LogP contribution in [0.3, 0.4) is 0 Å². The molecular weight excluding hydrogens is 1630 g/mol. The van der Waals surface area contributed by atoms with Crippen molar-refractivity contribution >= 4 is 80.5 Å². The van der Waals surface area contributed by atoms with E-state index in [-0.39, 0.29) is 66.9 Å². The van der Waals surface area contributed by atoms with E-state index in [9.17, 15) is 39.3 Å². The number of aliphatic hydroxyl groups excluding tert-OH is 2. The van der Waals surface area contributed by atoms with E-state index >= 15 is 0 Å². The number of benzene rings is 2. The van der Waals surface area contributed by atoms with E-state index in [0.717, 1.165) is 28.7 Å². The van der Waals surface area contributed by atoms with Gasteiger partial charge in [0.1, 0.15) is 59.6 Å². The third-order valence-corrected chi connectivity index (χ3v) is 24.3. The Balaban J connectivity index is 0.595. The van der Waals surface area contributed by atoms with Gasteiger partial charge in [-0.3, -0.25) is 19.2 Å². The minimum absolute atomic E-state index is 0.00238. The summed E-state index contributed by atoms with van der Waals surface area (Å²) in [7, 11) is 4.63. The quantitative estimate of drug-likeness (QED) is 0.00797. The van der Waals surface area contributed by atoms with E-state index in [1.165, 1.54) is 18.3 Å². The zero-order valence-electron chi connectivity index (χ0n) is 74.7. The Hall–Kier alpha value is -7.74. The number of aromatic nitrogens is 5. The van der Waals surface area contributed by atoms with Crippen LogP contribution in [0, 0.1) is 35.5 Å². The maximum Gasteiger partial charge on any atom is 0.329 e. The molecule has 692 valence electrons. The number of nitrogens with zero attached hydrogens (tertiary/aromatic N) is 6. The first-order valence-electron chi connectivity index (χ1n) is 44.5. The molecule has 32 heteroatoms. The number of hydrogen-bond acceptors (Lipinski definition) is 30. The zero-order chi connectivity index (χ0) is 89.8. The van der Waals surface area contributed by atoms with Crippen LogP contribution in [0.4, 0.5) is 11.8 Å². The van der Waals surface area contributed by atoms with E-state index in [1.54, 1.807) is 51.8 Å². The highest BCUT2D eigenvalue weighted by molar-refractivity contribution is 7.80. The van der Waals surface area contributed by atoms with Gasteiger partial charge in [0, 0.05) is 89.9 Å². The van der Waals surface area contributed by atoms with Crippen molar-refractivity contribution in [2.45, 2.75) is 225 Å². The van der Waals surface area contributed by atoms with Gasteiger partial charge in [-0.1, -0.05) is 95.3 Å². The number of rotatable bonds is 41. The van der Waals surface area contributed by atoms with Gasteiger partial charge in [-0.05, 0) is 161 Å². The van der Waals surface area contributed by atoms with Crippen LogP contribution in [-0.2, 0) is 103 Å². The highest BCUT2D eigenvalue weighted by atomic mass is 32.1. The first-order valence-corrected chi connectivity index (χ1v) is 44.9. The number of anilines is 2. The number of ketones is 3. The molecule has 2 bridgehead atoms. The Morgan fingerprint density at radius 2 is 1.34 bits per heavy atom. The number of aryl methyl sites for hydroxylation is 1. The van der Waals surface area contributed by atoms with Gasteiger partial charge in [0.2, 0.25) is 5.79 Å². The molecular formula is C93H136N8O23S. The lowest BCUT2D eigenvalue weighted by molar-refractivity contribution is -0.265. The number of nitrogen functional groups attached to an aromatic ring is 2. The Morgan fingerprint density at radius 3 is 1.98 bits per heavy atom. The van der Waals surface area contributed by atoms with E-state index in [1.807, 2.05) is 94.5 Å². The predicted octanol–water partition coefficient (Wildman–Crippen LogP) is 11.0. The van der Waals surface area contributed by atoms with Crippen molar-refractivity contribution < 1.29 is 110 Å². The molecule has 1 saturated carbocycles. The lowest BCUT2D eigenvalue weighted by atomic mass is 9.78. The van der Waals surface area contributed by atoms with Gasteiger partial charge in [0.25, 0.3) is 17.7 Å². The number of piperidine rings is 1. The molecule has 3 aromatic heterocycles. The number of thiocarbonyl (C=S) groups is 1. The van der Waals surface area contributed by atoms with Crippen LogP contribution in [0.2, 0.25) is 0 Å². The number of carbonyl (C=O) groups is 5. The average Bonchev–Trinajstić information content (AvgIpc) is 1.71. The molecule has 0 spiro atoms. The summed E-state index contributed by atoms with van der Waals surface area (Å²) in [5, 5.41) is 41.9. The molecule has 5 aromatic rings. The van der Waals surface area contributed by atoms with Gasteiger partial charge in [-0.15, -0.1) is 0 Å². The molecule has 0 radical (unpaired) electrons. The molecule has 31 nitrogen and oxygen atoms in total. The number of esters is 1. The monoisotopic (exact) mass is 1760 g/mol. The van der Waals surface area contributed by atoms with Crippen molar-refractivity contribution in [2.24, 2.45) is 35.5 Å². The summed E-state index contributed by atoms with van der Waals surface area (Å²) in [4.78, 5) is 84.6. The normalized spacial score (nSPS) is 27.3. The fraction of sp³-hybridized carbons (Fsp3) is 0.656. The van der Waals surface area contributed by atoms with E-state index < -0.39 is 83.9 Å². The molecule has 6 heterocycles. The zero-order valence-corrected chi connectivity index (χ0v) is 75.6. The van der Waals surface area contributed by atoms with Crippen molar-refractivity contribution in [1.82, 2.24) is 29.6 Å². The van der Waals surface area contributed by atoms with Crippen molar-refractivity contribution in [2.75, 3.05) is 145 Å². The van der Waals surface area contributed by atoms with Gasteiger partial charge in [-0.25, -0.2) is 19.4 Å². The number of ether oxygens (including phenoxy) is 14. The number of cyclic esters (lactones) is 1. The maximum atomic E-state index is 14.8. The molecule has 9 rings (SSSR count). The Morgan fingerprint density at radius 1 is 0.688 bits per heavy atom. The fourth-order valence-electron chi connectivity index (χ4n) is 16.6. The number of methoxy groups -OCH3 is 3. The number of hydrogen-bond donors (Lipinski definition) is 5. The van der Waals surface area contributed by atoms with Crippen LogP contribution in [0.15, 0.2) is 101 Å². The Kier molecular flexibility index (Phi) is 42.6. The summed E-state index contributed by atoms with van der Waals surface area (Å²) >= 11 is 5.73. The van der Waals surface area contributed by atoms with E-state index in [2.05, 4.69) is 15.0 Å². The van der Waals surface area contributed by atoms with Gasteiger partial charge in [0.05, 0.1) is 135 Å². The summed E-state index contributed by atoms with van der Waals surface area (Å²) in [6.07, 6.45) is 14.8. The first-order chi connectivity index (χ1) is 60.3. The van der Waals surface area contributed by atoms with Crippen LogP contribution in [-0.4, -0.2) is 273 Å². The highest BCUT2D eigenvalue weighted by Crippen LogP contribution is 2.40. The fourth-order valence-corrected chi connectivity index (χ4v) is 16.8. The summed E-state index contributed by atoms with van der Waals surface area (Å²) < 4.78 is 89.2. The molecule has 125 heavy (non-hydrogen) atoms. The van der Waals surface area contributed by atoms with E-state index in [0.29, 0.717) is 246 Å². The molecule has 7 N–H and O–H groups in total. The van der Waals surface area contributed by atoms with Crippen LogP contribution in [0.5, 0.6) is 0 Å². The molecule has 1 amide bonds. The van der Waals surface area contributed by atoms with Crippen LogP contribution >= 0.6 is 12.2 Å². The smallest absolute Gasteiger partial charge is 0.329 e. The number of allylic oxidation sites excluding steroid dienone is 5. The molecule has 2 aromatic carbocycles. The Bertz CT molecular complexity index is 4310. The molecule has 3 fully saturated rings. The van der Waals surface area contributed by atoms with Gasteiger partial charge in [0.15, 0.2) is 22.1 Å².